The third-order valence-corrected chi connectivity index (χ3v) is 3.28. The molecule has 0 bridgehead atoms. The molecule has 0 saturated carbocycles. The van der Waals surface area contributed by atoms with Crippen LogP contribution in [0.2, 0.25) is 5.02 Å². The number of primary amides is 1. The van der Waals surface area contributed by atoms with E-state index in [1.165, 1.54) is 36.4 Å². The van der Waals surface area contributed by atoms with Crippen molar-refractivity contribution in [2.24, 2.45) is 5.73 Å². The molecule has 9 heteroatoms. The number of ether oxygens (including phenoxy) is 1. The number of nitro groups is 1. The van der Waals surface area contributed by atoms with Gasteiger partial charge in [0.2, 0.25) is 5.91 Å². The van der Waals surface area contributed by atoms with Crippen LogP contribution in [0.4, 0.5) is 11.4 Å². The Hall–Kier alpha value is -3.13. The first-order chi connectivity index (χ1) is 11.4. The maximum Gasteiger partial charge on any atom is 0.310 e. The fourth-order valence-electron chi connectivity index (χ4n) is 1.83. The lowest BCUT2D eigenvalue weighted by Crippen LogP contribution is -2.21. The van der Waals surface area contributed by atoms with Crippen LogP contribution in [-0.2, 0) is 4.79 Å². The average Bonchev–Trinajstić information content (AvgIpc) is 2.55. The lowest BCUT2D eigenvalue weighted by molar-refractivity contribution is -0.385. The van der Waals surface area contributed by atoms with E-state index in [9.17, 15) is 19.7 Å². The maximum absolute atomic E-state index is 11.9. The number of hydrogen-bond acceptors (Lipinski definition) is 5. The second kappa shape index (κ2) is 7.42. The first kappa shape index (κ1) is 17.2. The molecule has 2 aromatic rings. The molecule has 0 aromatic heterocycles. The van der Waals surface area contributed by atoms with Gasteiger partial charge in [0.15, 0.2) is 12.4 Å². The Morgan fingerprint density at radius 2 is 1.96 bits per heavy atom. The molecule has 0 atom stereocenters. The van der Waals surface area contributed by atoms with Gasteiger partial charge in [-0.05, 0) is 24.3 Å². The third-order valence-electron chi connectivity index (χ3n) is 2.95. The van der Waals surface area contributed by atoms with Crippen molar-refractivity contribution in [3.63, 3.8) is 0 Å². The molecule has 0 heterocycles. The summed E-state index contributed by atoms with van der Waals surface area (Å²) in [7, 11) is 0. The zero-order valence-electron chi connectivity index (χ0n) is 12.2. The molecule has 0 aliphatic rings. The molecular weight excluding hydrogens is 338 g/mol. The number of nitrogens with one attached hydrogen (secondary N) is 1. The minimum Gasteiger partial charge on any atom is -0.477 e. The predicted molar refractivity (Wildman–Crippen MR) is 87.2 cm³/mol. The van der Waals surface area contributed by atoms with Gasteiger partial charge in [0.05, 0.1) is 15.6 Å². The summed E-state index contributed by atoms with van der Waals surface area (Å²) >= 11 is 5.93. The molecule has 0 fully saturated rings. The fourth-order valence-corrected chi connectivity index (χ4v) is 2.00. The second-order valence-corrected chi connectivity index (χ2v) is 5.03. The highest BCUT2D eigenvalue weighted by Crippen LogP contribution is 2.26. The molecule has 0 unspecified atom stereocenters. The predicted octanol–water partition coefficient (Wildman–Crippen LogP) is 2.36. The highest BCUT2D eigenvalue weighted by molar-refractivity contribution is 6.33. The molecule has 0 aliphatic carbocycles. The monoisotopic (exact) mass is 349 g/mol. The van der Waals surface area contributed by atoms with Crippen molar-refractivity contribution >= 4 is 34.8 Å². The summed E-state index contributed by atoms with van der Waals surface area (Å²) < 4.78 is 5.16. The second-order valence-electron chi connectivity index (χ2n) is 4.62. The Bertz CT molecular complexity index is 809. The standard InChI is InChI=1S/C15H12ClN3O5/c16-10-6-5-9(15(17)21)7-11(10)18-14(20)8-24-13-4-2-1-3-12(13)19(22)23/h1-7H,8H2,(H2,17,21)(H,18,20). The number of anilines is 1. The van der Waals surface area contributed by atoms with Crippen LogP contribution in [-0.4, -0.2) is 23.3 Å². The number of nitrogens with zero attached hydrogens (tertiary/aromatic N) is 1. The van der Waals surface area contributed by atoms with Crippen molar-refractivity contribution in [1.82, 2.24) is 0 Å². The number of para-hydroxylation sites is 2. The number of halogens is 1. The summed E-state index contributed by atoms with van der Waals surface area (Å²) in [6, 6.07) is 9.85. The van der Waals surface area contributed by atoms with Crippen molar-refractivity contribution in [2.45, 2.75) is 0 Å². The van der Waals surface area contributed by atoms with Crippen molar-refractivity contribution in [3.05, 3.63) is 63.2 Å². The van der Waals surface area contributed by atoms with Crippen LogP contribution in [0, 0.1) is 10.1 Å². The summed E-state index contributed by atoms with van der Waals surface area (Å²) in [6.45, 7) is -0.470. The SMILES string of the molecule is NC(=O)c1ccc(Cl)c(NC(=O)COc2ccccc2[N+](=O)[O-])c1. The quantitative estimate of drug-likeness (QED) is 0.611. The molecule has 2 rings (SSSR count). The van der Waals surface area contributed by atoms with Gasteiger partial charge in [0, 0.05) is 11.6 Å². The van der Waals surface area contributed by atoms with Gasteiger partial charge in [-0.15, -0.1) is 0 Å². The third kappa shape index (κ3) is 4.20. The first-order valence-electron chi connectivity index (χ1n) is 6.64. The number of carbonyl (C=O) groups is 2. The zero-order chi connectivity index (χ0) is 17.7. The largest absolute Gasteiger partial charge is 0.477 e. The van der Waals surface area contributed by atoms with E-state index in [4.69, 9.17) is 22.1 Å². The van der Waals surface area contributed by atoms with Gasteiger partial charge < -0.3 is 15.8 Å². The number of hydrogen-bond donors (Lipinski definition) is 2. The van der Waals surface area contributed by atoms with Gasteiger partial charge in [-0.1, -0.05) is 23.7 Å². The van der Waals surface area contributed by atoms with Crippen LogP contribution in [0.25, 0.3) is 0 Å². The highest BCUT2D eigenvalue weighted by atomic mass is 35.5. The van der Waals surface area contributed by atoms with E-state index in [1.54, 1.807) is 6.07 Å². The number of nitro benzene ring substituents is 1. The summed E-state index contributed by atoms with van der Waals surface area (Å²) in [5.74, 6) is -1.30. The number of carbonyl (C=O) groups excluding carboxylic acids is 2. The van der Waals surface area contributed by atoms with Gasteiger partial charge in [-0.25, -0.2) is 0 Å². The van der Waals surface area contributed by atoms with Gasteiger partial charge in [0.25, 0.3) is 5.91 Å². The molecule has 0 aliphatic heterocycles. The number of rotatable bonds is 6. The number of benzene rings is 2. The van der Waals surface area contributed by atoms with Crippen LogP contribution in [0.3, 0.4) is 0 Å². The minimum absolute atomic E-state index is 0.0327. The van der Waals surface area contributed by atoms with Crippen LogP contribution in [0.15, 0.2) is 42.5 Å². The Labute approximate surface area is 141 Å². The number of amides is 2. The Morgan fingerprint density at radius 3 is 2.62 bits per heavy atom. The van der Waals surface area contributed by atoms with E-state index in [1.807, 2.05) is 0 Å². The van der Waals surface area contributed by atoms with E-state index in [0.29, 0.717) is 0 Å². The summed E-state index contributed by atoms with van der Waals surface area (Å²) in [6.07, 6.45) is 0. The molecular formula is C15H12ClN3O5. The maximum atomic E-state index is 11.9. The first-order valence-corrected chi connectivity index (χ1v) is 7.01. The zero-order valence-corrected chi connectivity index (χ0v) is 12.9. The highest BCUT2D eigenvalue weighted by Gasteiger charge is 2.15. The smallest absolute Gasteiger partial charge is 0.310 e. The molecule has 24 heavy (non-hydrogen) atoms. The van der Waals surface area contributed by atoms with Crippen molar-refractivity contribution in [2.75, 3.05) is 11.9 Å². The Kier molecular flexibility index (Phi) is 5.33. The molecule has 0 saturated heterocycles. The number of nitrogens with two attached hydrogens (primary N) is 1. The molecule has 8 nitrogen and oxygen atoms in total. The molecule has 2 aromatic carbocycles. The molecule has 124 valence electrons. The normalized spacial score (nSPS) is 10.0. The van der Waals surface area contributed by atoms with Crippen LogP contribution in [0.5, 0.6) is 5.75 Å². The van der Waals surface area contributed by atoms with Crippen LogP contribution in [0.1, 0.15) is 10.4 Å². The van der Waals surface area contributed by atoms with E-state index in [0.717, 1.165) is 0 Å². The van der Waals surface area contributed by atoms with E-state index in [2.05, 4.69) is 5.32 Å². The van der Waals surface area contributed by atoms with Crippen molar-refractivity contribution < 1.29 is 19.2 Å². The lowest BCUT2D eigenvalue weighted by atomic mass is 10.2. The minimum atomic E-state index is -0.668. The Morgan fingerprint density at radius 1 is 1.25 bits per heavy atom. The van der Waals surface area contributed by atoms with Crippen LogP contribution >= 0.6 is 11.6 Å². The summed E-state index contributed by atoms with van der Waals surface area (Å²) in [5, 5.41) is 13.5. The molecule has 0 spiro atoms. The van der Waals surface area contributed by atoms with Crippen LogP contribution < -0.4 is 15.8 Å². The lowest BCUT2D eigenvalue weighted by Gasteiger charge is -2.10. The van der Waals surface area contributed by atoms with Gasteiger partial charge in [0.1, 0.15) is 0 Å². The molecule has 3 N–H and O–H groups in total. The molecule has 2 amide bonds. The topological polar surface area (TPSA) is 125 Å². The summed E-state index contributed by atoms with van der Waals surface area (Å²) in [5.41, 5.74) is 5.27. The average molecular weight is 350 g/mol. The Balaban J connectivity index is 2.06. The van der Waals surface area contributed by atoms with Gasteiger partial charge in [-0.3, -0.25) is 19.7 Å². The van der Waals surface area contributed by atoms with E-state index < -0.39 is 23.3 Å². The van der Waals surface area contributed by atoms with E-state index in [-0.39, 0.29) is 27.7 Å². The fraction of sp³-hybridized carbons (Fsp3) is 0.0667. The van der Waals surface area contributed by atoms with Gasteiger partial charge >= 0.3 is 5.69 Å². The van der Waals surface area contributed by atoms with E-state index >= 15 is 0 Å². The molecule has 0 radical (unpaired) electrons. The van der Waals surface area contributed by atoms with Gasteiger partial charge in [-0.2, -0.15) is 0 Å². The van der Waals surface area contributed by atoms with Crippen molar-refractivity contribution in [1.29, 1.82) is 0 Å². The van der Waals surface area contributed by atoms with Crippen molar-refractivity contribution in [3.8, 4) is 5.75 Å². The summed E-state index contributed by atoms with van der Waals surface area (Å²) in [4.78, 5) is 33.3.